The molecule has 9 heteroatoms. The molecule has 0 atom stereocenters. The average Bonchev–Trinajstić information content (AvgIpc) is 3.20. The summed E-state index contributed by atoms with van der Waals surface area (Å²) in [4.78, 5) is 36.1. The fourth-order valence-corrected chi connectivity index (χ4v) is 4.41. The zero-order chi connectivity index (χ0) is 25.7. The summed E-state index contributed by atoms with van der Waals surface area (Å²) >= 11 is 0. The normalized spacial score (nSPS) is 19.8. The van der Waals surface area contributed by atoms with E-state index in [4.69, 9.17) is 24.1 Å². The Labute approximate surface area is 209 Å². The molecule has 1 heterocycles. The Morgan fingerprint density at radius 1 is 1.06 bits per heavy atom. The van der Waals surface area contributed by atoms with Crippen LogP contribution in [0.3, 0.4) is 0 Å². The number of rotatable bonds is 9. The highest BCUT2D eigenvalue weighted by atomic mass is 16.5. The molecule has 2 N–H and O–H groups in total. The third-order valence-corrected chi connectivity index (χ3v) is 6.52. The minimum atomic E-state index is -0.742. The number of allylic oxidation sites excluding steroid dienone is 1. The molecule has 1 amide bonds. The molecule has 4 rings (SSSR count). The van der Waals surface area contributed by atoms with E-state index < -0.39 is 5.97 Å². The number of carbonyl (C=O) groups excluding carboxylic acids is 2. The van der Waals surface area contributed by atoms with Crippen molar-refractivity contribution >= 4 is 23.7 Å². The van der Waals surface area contributed by atoms with Gasteiger partial charge in [-0.05, 0) is 61.9 Å². The van der Waals surface area contributed by atoms with E-state index in [1.807, 2.05) is 0 Å². The number of ketones is 1. The molecule has 1 aliphatic heterocycles. The Kier molecular flexibility index (Phi) is 7.77. The van der Waals surface area contributed by atoms with Crippen molar-refractivity contribution in [1.82, 2.24) is 5.32 Å². The van der Waals surface area contributed by atoms with E-state index in [0.29, 0.717) is 53.5 Å². The van der Waals surface area contributed by atoms with Gasteiger partial charge in [-0.2, -0.15) is 0 Å². The van der Waals surface area contributed by atoms with Gasteiger partial charge in [-0.3, -0.25) is 14.4 Å². The van der Waals surface area contributed by atoms with Gasteiger partial charge in [0.2, 0.25) is 5.78 Å². The van der Waals surface area contributed by atoms with Gasteiger partial charge in [0.15, 0.2) is 12.4 Å². The lowest BCUT2D eigenvalue weighted by molar-refractivity contribution is -0.143. The number of benzene rings is 2. The van der Waals surface area contributed by atoms with Crippen LogP contribution in [0.1, 0.15) is 41.6 Å². The molecular formula is C27H29NO8. The average molecular weight is 496 g/mol. The van der Waals surface area contributed by atoms with Crippen molar-refractivity contribution < 1.29 is 38.4 Å². The molecule has 0 bridgehead atoms. The summed E-state index contributed by atoms with van der Waals surface area (Å²) in [5, 5.41) is 11.9. The molecule has 1 saturated carbocycles. The first-order chi connectivity index (χ1) is 17.4. The van der Waals surface area contributed by atoms with E-state index in [1.165, 1.54) is 7.11 Å². The predicted molar refractivity (Wildman–Crippen MR) is 131 cm³/mol. The van der Waals surface area contributed by atoms with E-state index in [9.17, 15) is 14.4 Å². The van der Waals surface area contributed by atoms with E-state index in [0.717, 1.165) is 12.8 Å². The summed E-state index contributed by atoms with van der Waals surface area (Å²) in [6, 6.07) is 10.1. The number of fused-ring (bicyclic) bond motifs is 1. The van der Waals surface area contributed by atoms with Crippen molar-refractivity contribution in [3.05, 3.63) is 53.3 Å². The summed E-state index contributed by atoms with van der Waals surface area (Å²) in [6.45, 7) is 0.322. The van der Waals surface area contributed by atoms with E-state index >= 15 is 0 Å². The number of amides is 1. The largest absolute Gasteiger partial charge is 0.497 e. The van der Waals surface area contributed by atoms with Crippen molar-refractivity contribution in [2.24, 2.45) is 11.8 Å². The molecule has 0 radical (unpaired) electrons. The maximum Gasteiger partial charge on any atom is 0.306 e. The molecule has 0 spiro atoms. The SMILES string of the molecule is COc1ccc(C=C2Oc3cc(OCC(=O)NCC4CCC(C(=O)O)CC4)ccc3C2=O)c(OC)c1. The number of carboxylic acids is 1. The number of hydrogen-bond donors (Lipinski definition) is 2. The third-order valence-electron chi connectivity index (χ3n) is 6.52. The number of carbonyl (C=O) groups is 3. The van der Waals surface area contributed by atoms with Gasteiger partial charge in [-0.1, -0.05) is 0 Å². The molecular weight excluding hydrogens is 466 g/mol. The van der Waals surface area contributed by atoms with Crippen LogP contribution in [0.2, 0.25) is 0 Å². The van der Waals surface area contributed by atoms with E-state index in [2.05, 4.69) is 5.32 Å². The smallest absolute Gasteiger partial charge is 0.306 e. The van der Waals surface area contributed by atoms with Gasteiger partial charge in [0, 0.05) is 24.2 Å². The number of aliphatic carboxylic acids is 1. The zero-order valence-corrected chi connectivity index (χ0v) is 20.2. The van der Waals surface area contributed by atoms with Crippen LogP contribution >= 0.6 is 0 Å². The Balaban J connectivity index is 1.31. The highest BCUT2D eigenvalue weighted by Gasteiger charge is 2.29. The lowest BCUT2D eigenvalue weighted by Gasteiger charge is -2.26. The van der Waals surface area contributed by atoms with Crippen molar-refractivity contribution in [3.63, 3.8) is 0 Å². The summed E-state index contributed by atoms with van der Waals surface area (Å²) in [7, 11) is 3.09. The predicted octanol–water partition coefficient (Wildman–Crippen LogP) is 3.71. The van der Waals surface area contributed by atoms with Crippen LogP contribution in [-0.4, -0.2) is 50.1 Å². The second-order valence-electron chi connectivity index (χ2n) is 8.85. The Bertz CT molecular complexity index is 1180. The zero-order valence-electron chi connectivity index (χ0n) is 20.2. The van der Waals surface area contributed by atoms with Crippen LogP contribution in [0.5, 0.6) is 23.0 Å². The molecule has 2 aromatic rings. The third kappa shape index (κ3) is 5.79. The van der Waals surface area contributed by atoms with Crippen LogP contribution in [0.15, 0.2) is 42.2 Å². The minimum absolute atomic E-state index is 0.154. The number of Topliss-reactive ketones (excluding diaryl/α,β-unsaturated/α-hetero) is 1. The molecule has 190 valence electrons. The van der Waals surface area contributed by atoms with Gasteiger partial charge in [-0.15, -0.1) is 0 Å². The van der Waals surface area contributed by atoms with Gasteiger partial charge >= 0.3 is 5.97 Å². The van der Waals surface area contributed by atoms with Crippen molar-refractivity contribution in [2.75, 3.05) is 27.4 Å². The van der Waals surface area contributed by atoms with Crippen molar-refractivity contribution in [3.8, 4) is 23.0 Å². The van der Waals surface area contributed by atoms with Crippen LogP contribution in [0.25, 0.3) is 6.08 Å². The molecule has 0 aromatic heterocycles. The fraction of sp³-hybridized carbons (Fsp3) is 0.370. The first-order valence-corrected chi connectivity index (χ1v) is 11.8. The summed E-state index contributed by atoms with van der Waals surface area (Å²) in [5.74, 6) is 0.821. The molecule has 1 aliphatic carbocycles. The summed E-state index contributed by atoms with van der Waals surface area (Å²) in [6.07, 6.45) is 4.46. The number of methoxy groups -OCH3 is 2. The van der Waals surface area contributed by atoms with Crippen molar-refractivity contribution in [2.45, 2.75) is 25.7 Å². The minimum Gasteiger partial charge on any atom is -0.497 e. The van der Waals surface area contributed by atoms with Gasteiger partial charge < -0.3 is 29.4 Å². The fourth-order valence-electron chi connectivity index (χ4n) is 4.41. The number of nitrogens with one attached hydrogen (secondary N) is 1. The standard InChI is InChI=1S/C27H29NO8/c1-33-19-8-7-18(22(12-19)34-2)11-24-26(30)21-10-9-20(13-23(21)36-24)35-15-25(29)28-14-16-3-5-17(6-4-16)27(31)32/h7-13,16-17H,3-6,14-15H2,1-2H3,(H,28,29)(H,31,32). The molecule has 36 heavy (non-hydrogen) atoms. The second-order valence-corrected chi connectivity index (χ2v) is 8.85. The van der Waals surface area contributed by atoms with Gasteiger partial charge in [0.25, 0.3) is 5.91 Å². The monoisotopic (exact) mass is 495 g/mol. The maximum absolute atomic E-state index is 12.8. The topological polar surface area (TPSA) is 120 Å². The number of carboxylic acid groups (broad SMARTS) is 1. The molecule has 2 aromatic carbocycles. The van der Waals surface area contributed by atoms with Gasteiger partial charge in [0.05, 0.1) is 25.7 Å². The van der Waals surface area contributed by atoms with E-state index in [-0.39, 0.29) is 35.9 Å². The van der Waals surface area contributed by atoms with Crippen LogP contribution in [0, 0.1) is 11.8 Å². The lowest BCUT2D eigenvalue weighted by atomic mass is 9.82. The quantitative estimate of drug-likeness (QED) is 0.505. The Morgan fingerprint density at radius 3 is 2.50 bits per heavy atom. The van der Waals surface area contributed by atoms with Crippen LogP contribution < -0.4 is 24.3 Å². The van der Waals surface area contributed by atoms with Crippen molar-refractivity contribution in [1.29, 1.82) is 0 Å². The molecule has 0 saturated heterocycles. The summed E-state index contributed by atoms with van der Waals surface area (Å²) in [5.41, 5.74) is 1.07. The summed E-state index contributed by atoms with van der Waals surface area (Å²) < 4.78 is 22.0. The maximum atomic E-state index is 12.8. The van der Waals surface area contributed by atoms with Crippen LogP contribution in [0.4, 0.5) is 0 Å². The number of ether oxygens (including phenoxy) is 4. The van der Waals surface area contributed by atoms with E-state index in [1.54, 1.807) is 49.6 Å². The Hall–Kier alpha value is -4.01. The highest BCUT2D eigenvalue weighted by molar-refractivity contribution is 6.14. The Morgan fingerprint density at radius 2 is 1.81 bits per heavy atom. The molecule has 1 fully saturated rings. The van der Waals surface area contributed by atoms with Crippen LogP contribution in [-0.2, 0) is 9.59 Å². The first-order valence-electron chi connectivity index (χ1n) is 11.8. The highest BCUT2D eigenvalue weighted by Crippen LogP contribution is 2.36. The second kappa shape index (κ2) is 11.2. The molecule has 9 nitrogen and oxygen atoms in total. The molecule has 2 aliphatic rings. The van der Waals surface area contributed by atoms with Gasteiger partial charge in [0.1, 0.15) is 23.0 Å². The lowest BCUT2D eigenvalue weighted by Crippen LogP contribution is -2.35. The molecule has 0 unspecified atom stereocenters. The first kappa shape index (κ1) is 25.1. The van der Waals surface area contributed by atoms with Gasteiger partial charge in [-0.25, -0.2) is 0 Å². The number of hydrogen-bond acceptors (Lipinski definition) is 7.